The van der Waals surface area contributed by atoms with Crippen molar-refractivity contribution in [2.24, 2.45) is 0 Å². The molecule has 0 aliphatic carbocycles. The number of fused-ring (bicyclic) bond motifs is 1. The first-order valence-corrected chi connectivity index (χ1v) is 10.2. The third kappa shape index (κ3) is 3.97. The number of likely N-dealkylation sites (tertiary alicyclic amines) is 2. The molecule has 150 valence electrons. The number of rotatable bonds is 4. The second-order valence-electron chi connectivity index (χ2n) is 8.10. The van der Waals surface area contributed by atoms with Gasteiger partial charge < -0.3 is 9.64 Å². The summed E-state index contributed by atoms with van der Waals surface area (Å²) < 4.78 is 19.8. The van der Waals surface area contributed by atoms with E-state index in [0.29, 0.717) is 13.0 Å². The van der Waals surface area contributed by atoms with Crippen LogP contribution in [-0.4, -0.2) is 65.2 Å². The van der Waals surface area contributed by atoms with Crippen LogP contribution in [-0.2, 0) is 4.79 Å². The van der Waals surface area contributed by atoms with Gasteiger partial charge in [-0.25, -0.2) is 4.39 Å². The van der Waals surface area contributed by atoms with Crippen LogP contribution in [0.4, 0.5) is 4.39 Å². The van der Waals surface area contributed by atoms with Gasteiger partial charge in [0.05, 0.1) is 18.6 Å². The maximum atomic E-state index is 13.5. The summed E-state index contributed by atoms with van der Waals surface area (Å²) in [4.78, 5) is 20.8. The van der Waals surface area contributed by atoms with Crippen LogP contribution in [0.5, 0.6) is 5.75 Å². The number of piperidine rings is 1. The molecule has 4 rings (SSSR count). The highest BCUT2D eigenvalue weighted by atomic mass is 19.1. The number of benzene rings is 1. The topological polar surface area (TPSA) is 45.7 Å². The molecule has 2 aliphatic heterocycles. The Morgan fingerprint density at radius 3 is 2.79 bits per heavy atom. The molecule has 1 amide bonds. The number of halogens is 1. The minimum atomic E-state index is -0.878. The average molecular weight is 385 g/mol. The lowest BCUT2D eigenvalue weighted by Gasteiger charge is -2.33. The van der Waals surface area contributed by atoms with Gasteiger partial charge in [-0.2, -0.15) is 0 Å². The van der Waals surface area contributed by atoms with Crippen molar-refractivity contribution in [2.75, 3.05) is 26.2 Å². The van der Waals surface area contributed by atoms with Gasteiger partial charge in [0.15, 0.2) is 0 Å². The molecule has 1 aromatic heterocycles. The number of carbonyl (C=O) groups excluding carboxylic acids is 1. The fourth-order valence-electron chi connectivity index (χ4n) is 4.36. The Morgan fingerprint density at radius 2 is 2.07 bits per heavy atom. The molecular weight excluding hydrogens is 357 g/mol. The number of aryl methyl sites for hydroxylation is 1. The lowest BCUT2D eigenvalue weighted by molar-refractivity contribution is -0.133. The first kappa shape index (κ1) is 19.1. The molecule has 2 saturated heterocycles. The van der Waals surface area contributed by atoms with Gasteiger partial charge in [-0.1, -0.05) is 12.1 Å². The molecule has 0 bridgehead atoms. The number of ether oxygens (including phenoxy) is 1. The van der Waals surface area contributed by atoms with Crippen molar-refractivity contribution in [1.29, 1.82) is 0 Å². The summed E-state index contributed by atoms with van der Waals surface area (Å²) in [5.74, 6) is 0.922. The minimum absolute atomic E-state index is 0.00630. The van der Waals surface area contributed by atoms with Crippen molar-refractivity contribution in [1.82, 2.24) is 14.8 Å². The number of para-hydroxylation sites is 1. The van der Waals surface area contributed by atoms with Gasteiger partial charge in [-0.15, -0.1) is 0 Å². The van der Waals surface area contributed by atoms with Gasteiger partial charge in [0.1, 0.15) is 18.0 Å². The molecule has 6 heteroatoms. The predicted molar refractivity (Wildman–Crippen MR) is 107 cm³/mol. The molecule has 2 aliphatic rings. The minimum Gasteiger partial charge on any atom is -0.490 e. The van der Waals surface area contributed by atoms with E-state index in [0.717, 1.165) is 48.1 Å². The Kier molecular flexibility index (Phi) is 5.49. The molecule has 5 nitrogen and oxygen atoms in total. The summed E-state index contributed by atoms with van der Waals surface area (Å²) in [6, 6.07) is 8.07. The summed E-state index contributed by atoms with van der Waals surface area (Å²) in [7, 11) is 0. The first-order chi connectivity index (χ1) is 13.5. The molecular formula is C22H28FN3O2. The highest BCUT2D eigenvalue weighted by molar-refractivity contribution is 5.87. The van der Waals surface area contributed by atoms with Crippen LogP contribution in [0.2, 0.25) is 0 Å². The molecule has 28 heavy (non-hydrogen) atoms. The number of amides is 1. The number of nitrogens with zero attached hydrogens (tertiary/aromatic N) is 3. The number of carbonyl (C=O) groups is 1. The third-order valence-electron chi connectivity index (χ3n) is 5.96. The van der Waals surface area contributed by atoms with E-state index in [2.05, 4.69) is 22.9 Å². The third-order valence-corrected chi connectivity index (χ3v) is 5.96. The number of pyridine rings is 1. The van der Waals surface area contributed by atoms with Crippen LogP contribution in [0, 0.1) is 6.92 Å². The van der Waals surface area contributed by atoms with Crippen LogP contribution >= 0.6 is 0 Å². The summed E-state index contributed by atoms with van der Waals surface area (Å²) >= 11 is 0. The SMILES string of the molecule is Cc1cccc2c(OC3CCN(CC(=O)N4C[C@@H](F)C[C@H]4C)CC3)ccnc12. The normalized spacial score (nSPS) is 24.0. The molecule has 0 N–H and O–H groups in total. The Labute approximate surface area is 165 Å². The van der Waals surface area contributed by atoms with E-state index in [1.54, 1.807) is 11.1 Å². The molecule has 0 unspecified atom stereocenters. The number of alkyl halides is 1. The first-order valence-electron chi connectivity index (χ1n) is 10.2. The molecule has 2 fully saturated rings. The standard InChI is InChI=1S/C22H28FN3O2/c1-15-4-3-5-19-20(6-9-24-22(15)19)28-18-7-10-25(11-8-18)14-21(27)26-13-17(23)12-16(26)2/h3-6,9,16-18H,7-8,10-14H2,1-2H3/t16-,17+/m1/s1. The predicted octanol–water partition coefficient (Wildman–Crippen LogP) is 3.35. The van der Waals surface area contributed by atoms with E-state index in [1.165, 1.54) is 0 Å². The van der Waals surface area contributed by atoms with Gasteiger partial charge >= 0.3 is 0 Å². The quantitative estimate of drug-likeness (QED) is 0.810. The molecule has 0 radical (unpaired) electrons. The van der Waals surface area contributed by atoms with Crippen LogP contribution in [0.15, 0.2) is 30.5 Å². The lowest BCUT2D eigenvalue weighted by atomic mass is 10.1. The monoisotopic (exact) mass is 385 g/mol. The van der Waals surface area contributed by atoms with Crippen molar-refractivity contribution in [2.45, 2.75) is 51.4 Å². The molecule has 2 aromatic rings. The fraction of sp³-hybridized carbons (Fsp3) is 0.545. The van der Waals surface area contributed by atoms with Crippen LogP contribution in [0.1, 0.15) is 31.7 Å². The smallest absolute Gasteiger partial charge is 0.237 e. The van der Waals surface area contributed by atoms with E-state index < -0.39 is 6.17 Å². The van der Waals surface area contributed by atoms with Gasteiger partial charge in [-0.3, -0.25) is 14.7 Å². The zero-order valence-corrected chi connectivity index (χ0v) is 16.6. The van der Waals surface area contributed by atoms with E-state index in [1.807, 2.05) is 25.1 Å². The van der Waals surface area contributed by atoms with Crippen molar-refractivity contribution < 1.29 is 13.9 Å². The highest BCUT2D eigenvalue weighted by Gasteiger charge is 2.33. The van der Waals surface area contributed by atoms with E-state index in [4.69, 9.17) is 4.74 Å². The Morgan fingerprint density at radius 1 is 1.29 bits per heavy atom. The summed E-state index contributed by atoms with van der Waals surface area (Å²) in [5, 5.41) is 1.05. The van der Waals surface area contributed by atoms with Gasteiger partial charge in [0, 0.05) is 37.1 Å². The molecule has 0 saturated carbocycles. The fourth-order valence-corrected chi connectivity index (χ4v) is 4.36. The van der Waals surface area contributed by atoms with E-state index >= 15 is 0 Å². The average Bonchev–Trinajstić information content (AvgIpc) is 3.02. The van der Waals surface area contributed by atoms with Gasteiger partial charge in [0.2, 0.25) is 5.91 Å². The van der Waals surface area contributed by atoms with Crippen molar-refractivity contribution in [3.8, 4) is 5.75 Å². The Balaban J connectivity index is 1.33. The zero-order valence-electron chi connectivity index (χ0n) is 16.6. The van der Waals surface area contributed by atoms with E-state index in [9.17, 15) is 9.18 Å². The highest BCUT2D eigenvalue weighted by Crippen LogP contribution is 2.28. The number of hydrogen-bond acceptors (Lipinski definition) is 4. The maximum absolute atomic E-state index is 13.5. The van der Waals surface area contributed by atoms with Gasteiger partial charge in [0.25, 0.3) is 0 Å². The molecule has 3 heterocycles. The van der Waals surface area contributed by atoms with E-state index in [-0.39, 0.29) is 24.6 Å². The lowest BCUT2D eigenvalue weighted by Crippen LogP contribution is -2.46. The molecule has 2 atom stereocenters. The largest absolute Gasteiger partial charge is 0.490 e. The van der Waals surface area contributed by atoms with Crippen molar-refractivity contribution in [3.05, 3.63) is 36.0 Å². The Hall–Kier alpha value is -2.21. The van der Waals surface area contributed by atoms with Crippen molar-refractivity contribution >= 4 is 16.8 Å². The Bertz CT molecular complexity index is 851. The van der Waals surface area contributed by atoms with Crippen LogP contribution < -0.4 is 4.74 Å². The molecule has 0 spiro atoms. The van der Waals surface area contributed by atoms with Gasteiger partial charge in [-0.05, 0) is 44.4 Å². The number of hydrogen-bond donors (Lipinski definition) is 0. The zero-order chi connectivity index (χ0) is 19.7. The second kappa shape index (κ2) is 8.03. The molecule has 1 aromatic carbocycles. The summed E-state index contributed by atoms with van der Waals surface area (Å²) in [6.07, 6.45) is 3.28. The van der Waals surface area contributed by atoms with Crippen LogP contribution in [0.3, 0.4) is 0 Å². The second-order valence-corrected chi connectivity index (χ2v) is 8.10. The number of aromatic nitrogens is 1. The maximum Gasteiger partial charge on any atom is 0.237 e. The summed E-state index contributed by atoms with van der Waals surface area (Å²) in [5.41, 5.74) is 2.12. The van der Waals surface area contributed by atoms with Crippen molar-refractivity contribution in [3.63, 3.8) is 0 Å². The van der Waals surface area contributed by atoms with Crippen LogP contribution in [0.25, 0.3) is 10.9 Å². The summed E-state index contributed by atoms with van der Waals surface area (Å²) in [6.45, 7) is 6.24.